The third kappa shape index (κ3) is 4.55. The first-order valence-electron chi connectivity index (χ1n) is 10.6. The first kappa shape index (κ1) is 23.5. The van der Waals surface area contributed by atoms with E-state index in [0.29, 0.717) is 27.5 Å². The van der Waals surface area contributed by atoms with Crippen LogP contribution in [0.25, 0.3) is 0 Å². The lowest BCUT2D eigenvalue weighted by molar-refractivity contribution is -0.120. The van der Waals surface area contributed by atoms with Crippen LogP contribution in [0.5, 0.6) is 0 Å². The van der Waals surface area contributed by atoms with Gasteiger partial charge in [-0.25, -0.2) is 4.90 Å². The van der Waals surface area contributed by atoms with Crippen LogP contribution in [0, 0.1) is 6.92 Å². The van der Waals surface area contributed by atoms with Crippen LogP contribution in [-0.2, 0) is 16.0 Å². The number of hydrogen-bond acceptors (Lipinski definition) is 4. The number of benzene rings is 3. The van der Waals surface area contributed by atoms with E-state index >= 15 is 0 Å². The van der Waals surface area contributed by atoms with Crippen molar-refractivity contribution in [2.45, 2.75) is 20.3 Å². The number of nitrogens with one attached hydrogen (secondary N) is 2. The van der Waals surface area contributed by atoms with Gasteiger partial charge in [-0.1, -0.05) is 54.4 Å². The highest BCUT2D eigenvalue weighted by molar-refractivity contribution is 6.53. The van der Waals surface area contributed by atoms with E-state index in [4.69, 9.17) is 23.2 Å². The number of aryl methyl sites for hydroxylation is 2. The molecule has 0 saturated heterocycles. The molecule has 3 aromatic rings. The van der Waals surface area contributed by atoms with Crippen molar-refractivity contribution in [3.05, 3.63) is 99.2 Å². The number of para-hydroxylation sites is 1. The molecule has 4 rings (SSSR count). The van der Waals surface area contributed by atoms with E-state index in [0.717, 1.165) is 22.6 Å². The number of anilines is 3. The molecule has 0 spiro atoms. The number of amides is 3. The van der Waals surface area contributed by atoms with Gasteiger partial charge in [-0.3, -0.25) is 14.4 Å². The standard InChI is InChI=1S/C26H21Cl2N3O3/c1-3-16-6-4-5-7-20(16)30-24(32)17-9-12-19(13-10-17)29-23-22(28)25(33)31(26(23)34)21-14-18(27)11-8-15(21)2/h4-14,29H,3H2,1-2H3,(H,30,32). The van der Waals surface area contributed by atoms with Crippen LogP contribution in [0.2, 0.25) is 5.02 Å². The van der Waals surface area contributed by atoms with Gasteiger partial charge in [0.05, 0.1) is 5.69 Å². The summed E-state index contributed by atoms with van der Waals surface area (Å²) < 4.78 is 0. The molecule has 3 amide bonds. The second kappa shape index (κ2) is 9.71. The number of rotatable bonds is 6. The minimum atomic E-state index is -0.634. The van der Waals surface area contributed by atoms with Gasteiger partial charge in [0.2, 0.25) is 0 Å². The third-order valence-corrected chi connectivity index (χ3v) is 6.09. The highest BCUT2D eigenvalue weighted by Gasteiger charge is 2.39. The maximum absolute atomic E-state index is 13.0. The molecule has 34 heavy (non-hydrogen) atoms. The van der Waals surface area contributed by atoms with Gasteiger partial charge >= 0.3 is 0 Å². The van der Waals surface area contributed by atoms with E-state index in [9.17, 15) is 14.4 Å². The van der Waals surface area contributed by atoms with Crippen LogP contribution in [0.15, 0.2) is 77.5 Å². The molecule has 0 radical (unpaired) electrons. The Morgan fingerprint density at radius 2 is 1.65 bits per heavy atom. The molecule has 8 heteroatoms. The van der Waals surface area contributed by atoms with Gasteiger partial charge < -0.3 is 10.6 Å². The van der Waals surface area contributed by atoms with Crippen molar-refractivity contribution in [2.75, 3.05) is 15.5 Å². The molecular weight excluding hydrogens is 473 g/mol. The molecule has 1 aliphatic heterocycles. The lowest BCUT2D eigenvalue weighted by Crippen LogP contribution is -2.32. The molecule has 1 heterocycles. The molecule has 0 aliphatic carbocycles. The fourth-order valence-corrected chi connectivity index (χ4v) is 4.03. The number of hydrogen-bond donors (Lipinski definition) is 2. The lowest BCUT2D eigenvalue weighted by atomic mass is 10.1. The van der Waals surface area contributed by atoms with Crippen LogP contribution < -0.4 is 15.5 Å². The molecule has 3 aromatic carbocycles. The predicted octanol–water partition coefficient (Wildman–Crippen LogP) is 5.90. The molecular formula is C26H21Cl2N3O3. The second-order valence-electron chi connectivity index (χ2n) is 7.73. The van der Waals surface area contributed by atoms with Crippen LogP contribution in [0.3, 0.4) is 0 Å². The average Bonchev–Trinajstić information content (AvgIpc) is 3.04. The Kier molecular flexibility index (Phi) is 6.72. The van der Waals surface area contributed by atoms with E-state index in [1.807, 2.05) is 31.2 Å². The maximum atomic E-state index is 13.0. The zero-order chi connectivity index (χ0) is 24.4. The molecule has 2 N–H and O–H groups in total. The monoisotopic (exact) mass is 493 g/mol. The van der Waals surface area contributed by atoms with Crippen LogP contribution in [0.4, 0.5) is 17.1 Å². The first-order chi connectivity index (χ1) is 16.3. The zero-order valence-corrected chi connectivity index (χ0v) is 20.0. The van der Waals surface area contributed by atoms with Gasteiger partial charge in [0, 0.05) is 22.0 Å². The highest BCUT2D eigenvalue weighted by atomic mass is 35.5. The van der Waals surface area contributed by atoms with Gasteiger partial charge in [-0.2, -0.15) is 0 Å². The quantitative estimate of drug-likeness (QED) is 0.419. The summed E-state index contributed by atoms with van der Waals surface area (Å²) in [6.07, 6.45) is 0.799. The average molecular weight is 494 g/mol. The van der Waals surface area contributed by atoms with Crippen molar-refractivity contribution < 1.29 is 14.4 Å². The van der Waals surface area contributed by atoms with Gasteiger partial charge in [0.1, 0.15) is 10.7 Å². The number of halogens is 2. The molecule has 0 atom stereocenters. The summed E-state index contributed by atoms with van der Waals surface area (Å²) in [4.78, 5) is 39.4. The first-order valence-corrected chi connectivity index (χ1v) is 11.4. The second-order valence-corrected chi connectivity index (χ2v) is 8.55. The summed E-state index contributed by atoms with van der Waals surface area (Å²) in [5, 5.41) is 6.01. The van der Waals surface area contributed by atoms with E-state index in [1.54, 1.807) is 49.4 Å². The van der Waals surface area contributed by atoms with Crippen molar-refractivity contribution in [1.29, 1.82) is 0 Å². The number of imide groups is 1. The Morgan fingerprint density at radius 3 is 2.35 bits per heavy atom. The Hall–Kier alpha value is -3.61. The van der Waals surface area contributed by atoms with Crippen molar-refractivity contribution in [2.24, 2.45) is 0 Å². The molecule has 0 fully saturated rings. The molecule has 0 bridgehead atoms. The Balaban J connectivity index is 1.51. The molecule has 0 aromatic heterocycles. The Morgan fingerprint density at radius 1 is 0.941 bits per heavy atom. The molecule has 6 nitrogen and oxygen atoms in total. The minimum absolute atomic E-state index is 0.0416. The van der Waals surface area contributed by atoms with Gasteiger partial charge in [-0.15, -0.1) is 0 Å². The molecule has 0 saturated carbocycles. The van der Waals surface area contributed by atoms with E-state index in [1.165, 1.54) is 0 Å². The Bertz CT molecular complexity index is 1330. The molecule has 1 aliphatic rings. The molecule has 172 valence electrons. The third-order valence-electron chi connectivity index (χ3n) is 5.50. The summed E-state index contributed by atoms with van der Waals surface area (Å²) in [6.45, 7) is 3.80. The smallest absolute Gasteiger partial charge is 0.283 e. The van der Waals surface area contributed by atoms with Crippen LogP contribution in [0.1, 0.15) is 28.4 Å². The summed E-state index contributed by atoms with van der Waals surface area (Å²) in [5.41, 5.74) is 3.79. The Labute approximate surface area is 207 Å². The van der Waals surface area contributed by atoms with Crippen molar-refractivity contribution in [3.63, 3.8) is 0 Å². The fourth-order valence-electron chi connectivity index (χ4n) is 3.65. The number of nitrogens with zero attached hydrogens (tertiary/aromatic N) is 1. The predicted molar refractivity (Wildman–Crippen MR) is 135 cm³/mol. The van der Waals surface area contributed by atoms with Gasteiger partial charge in [0.25, 0.3) is 17.7 Å². The van der Waals surface area contributed by atoms with E-state index in [-0.39, 0.29) is 16.6 Å². The summed E-state index contributed by atoms with van der Waals surface area (Å²) in [6, 6.07) is 19.1. The number of carbonyl (C=O) groups is 3. The summed E-state index contributed by atoms with van der Waals surface area (Å²) in [7, 11) is 0. The lowest BCUT2D eigenvalue weighted by Gasteiger charge is -2.17. The topological polar surface area (TPSA) is 78.5 Å². The van der Waals surface area contributed by atoms with Crippen molar-refractivity contribution >= 4 is 58.0 Å². The SMILES string of the molecule is CCc1ccccc1NC(=O)c1ccc(NC2=C(Cl)C(=O)N(c3cc(Cl)ccc3C)C2=O)cc1. The van der Waals surface area contributed by atoms with Crippen molar-refractivity contribution in [3.8, 4) is 0 Å². The van der Waals surface area contributed by atoms with Gasteiger partial charge in [-0.05, 0) is 66.9 Å². The fraction of sp³-hybridized carbons (Fsp3) is 0.115. The number of carbonyl (C=O) groups excluding carboxylic acids is 3. The maximum Gasteiger partial charge on any atom is 0.283 e. The van der Waals surface area contributed by atoms with E-state index < -0.39 is 11.8 Å². The van der Waals surface area contributed by atoms with Crippen LogP contribution >= 0.6 is 23.2 Å². The van der Waals surface area contributed by atoms with E-state index in [2.05, 4.69) is 10.6 Å². The van der Waals surface area contributed by atoms with Gasteiger partial charge in [0.15, 0.2) is 0 Å². The van der Waals surface area contributed by atoms with Crippen LogP contribution in [-0.4, -0.2) is 17.7 Å². The summed E-state index contributed by atoms with van der Waals surface area (Å²) >= 11 is 12.3. The highest BCUT2D eigenvalue weighted by Crippen LogP contribution is 2.33. The van der Waals surface area contributed by atoms with Crippen molar-refractivity contribution in [1.82, 2.24) is 0 Å². The zero-order valence-electron chi connectivity index (χ0n) is 18.5. The normalized spacial score (nSPS) is 13.5. The summed E-state index contributed by atoms with van der Waals surface area (Å²) in [5.74, 6) is -1.47. The molecule has 0 unspecified atom stereocenters. The minimum Gasteiger partial charge on any atom is -0.350 e. The largest absolute Gasteiger partial charge is 0.350 e.